The van der Waals surface area contributed by atoms with Gasteiger partial charge in [-0.2, -0.15) is 0 Å². The summed E-state index contributed by atoms with van der Waals surface area (Å²) < 4.78 is 0. The van der Waals surface area contributed by atoms with E-state index in [0.717, 1.165) is 12.8 Å². The van der Waals surface area contributed by atoms with E-state index in [-0.39, 0.29) is 0 Å². The van der Waals surface area contributed by atoms with Gasteiger partial charge in [-0.3, -0.25) is 4.98 Å². The third-order valence-electron chi connectivity index (χ3n) is 3.21. The van der Waals surface area contributed by atoms with Gasteiger partial charge in [0, 0.05) is 11.9 Å². The van der Waals surface area contributed by atoms with Gasteiger partial charge in [0.25, 0.3) is 0 Å². The molecule has 0 radical (unpaired) electrons. The maximum atomic E-state index is 4.36. The van der Waals surface area contributed by atoms with Crippen LogP contribution in [-0.2, 0) is 6.42 Å². The van der Waals surface area contributed by atoms with E-state index < -0.39 is 0 Å². The smallest absolute Gasteiger partial charge is 0.0403 e. The van der Waals surface area contributed by atoms with E-state index in [2.05, 4.69) is 55.2 Å². The Kier molecular flexibility index (Phi) is 3.92. The Morgan fingerprint density at radius 1 is 1.06 bits per heavy atom. The van der Waals surface area contributed by atoms with Crippen LogP contribution in [-0.4, -0.2) is 4.98 Å². The molecule has 2 aromatic rings. The number of rotatable bonds is 4. The fourth-order valence-corrected chi connectivity index (χ4v) is 1.97. The minimum Gasteiger partial charge on any atom is -0.261 e. The molecule has 1 nitrogen and oxygen atoms in total. The highest BCUT2D eigenvalue weighted by Gasteiger charge is 2.05. The van der Waals surface area contributed by atoms with Crippen molar-refractivity contribution in [1.29, 1.82) is 0 Å². The molecule has 1 atom stereocenters. The summed E-state index contributed by atoms with van der Waals surface area (Å²) >= 11 is 0. The molecule has 0 N–H and O–H groups in total. The number of aryl methyl sites for hydroxylation is 2. The van der Waals surface area contributed by atoms with Gasteiger partial charge in [-0.05, 0) is 43.4 Å². The van der Waals surface area contributed by atoms with Crippen LogP contribution in [0.2, 0.25) is 0 Å². The second-order valence-corrected chi connectivity index (χ2v) is 4.67. The molecule has 0 aliphatic carbocycles. The topological polar surface area (TPSA) is 12.9 Å². The number of aromatic nitrogens is 1. The van der Waals surface area contributed by atoms with Crippen molar-refractivity contribution in [3.05, 3.63) is 65.5 Å². The van der Waals surface area contributed by atoms with E-state index in [1.807, 2.05) is 12.3 Å². The van der Waals surface area contributed by atoms with Crippen LogP contribution in [0.3, 0.4) is 0 Å². The van der Waals surface area contributed by atoms with Crippen LogP contribution in [0.5, 0.6) is 0 Å². The Hall–Kier alpha value is -1.63. The molecule has 0 saturated heterocycles. The average molecular weight is 225 g/mol. The summed E-state index contributed by atoms with van der Waals surface area (Å²) in [6.07, 6.45) is 4.07. The summed E-state index contributed by atoms with van der Waals surface area (Å²) in [5, 5.41) is 0. The fraction of sp³-hybridized carbons (Fsp3) is 0.312. The lowest BCUT2D eigenvalue weighted by molar-refractivity contribution is 0.670. The van der Waals surface area contributed by atoms with Crippen LogP contribution >= 0.6 is 0 Å². The lowest BCUT2D eigenvalue weighted by atomic mass is 9.95. The van der Waals surface area contributed by atoms with Gasteiger partial charge in [0.05, 0.1) is 0 Å². The van der Waals surface area contributed by atoms with E-state index >= 15 is 0 Å². The zero-order valence-corrected chi connectivity index (χ0v) is 10.6. The maximum absolute atomic E-state index is 4.36. The molecule has 1 heterocycles. The average Bonchev–Trinajstić information content (AvgIpc) is 2.38. The molecule has 0 aliphatic heterocycles. The van der Waals surface area contributed by atoms with E-state index in [9.17, 15) is 0 Å². The predicted molar refractivity (Wildman–Crippen MR) is 72.2 cm³/mol. The largest absolute Gasteiger partial charge is 0.261 e. The monoisotopic (exact) mass is 225 g/mol. The van der Waals surface area contributed by atoms with Gasteiger partial charge in [-0.25, -0.2) is 0 Å². The summed E-state index contributed by atoms with van der Waals surface area (Å²) in [7, 11) is 0. The van der Waals surface area contributed by atoms with Crippen LogP contribution in [0.25, 0.3) is 0 Å². The standard InChI is InChI=1S/C16H19N/c1-13-6-9-15(10-7-13)14(2)8-11-16-5-3-4-12-17-16/h3-7,9-10,12,14H,8,11H2,1-2H3/t14-/m0/s1. The highest BCUT2D eigenvalue weighted by Crippen LogP contribution is 2.20. The molecule has 0 aliphatic rings. The first kappa shape index (κ1) is 11.8. The molecule has 0 amide bonds. The second-order valence-electron chi connectivity index (χ2n) is 4.67. The van der Waals surface area contributed by atoms with Crippen LogP contribution in [0.15, 0.2) is 48.7 Å². The Morgan fingerprint density at radius 3 is 2.47 bits per heavy atom. The van der Waals surface area contributed by atoms with Gasteiger partial charge >= 0.3 is 0 Å². The van der Waals surface area contributed by atoms with E-state index in [0.29, 0.717) is 5.92 Å². The third kappa shape index (κ3) is 3.42. The Bertz CT molecular complexity index is 445. The van der Waals surface area contributed by atoms with Gasteiger partial charge in [0.15, 0.2) is 0 Å². The van der Waals surface area contributed by atoms with Crippen molar-refractivity contribution in [3.63, 3.8) is 0 Å². The number of pyridine rings is 1. The fourth-order valence-electron chi connectivity index (χ4n) is 1.97. The van der Waals surface area contributed by atoms with E-state index in [1.165, 1.54) is 16.8 Å². The van der Waals surface area contributed by atoms with Crippen molar-refractivity contribution in [3.8, 4) is 0 Å². The zero-order chi connectivity index (χ0) is 12.1. The Morgan fingerprint density at radius 2 is 1.82 bits per heavy atom. The molecule has 2 rings (SSSR count). The molecular formula is C16H19N. The van der Waals surface area contributed by atoms with Crippen molar-refractivity contribution >= 4 is 0 Å². The molecule has 1 heteroatoms. The Labute approximate surface area is 104 Å². The van der Waals surface area contributed by atoms with Gasteiger partial charge in [0.1, 0.15) is 0 Å². The van der Waals surface area contributed by atoms with Crippen LogP contribution in [0.1, 0.15) is 36.1 Å². The Balaban J connectivity index is 1.93. The lowest BCUT2D eigenvalue weighted by Gasteiger charge is -2.11. The number of nitrogens with zero attached hydrogens (tertiary/aromatic N) is 1. The van der Waals surface area contributed by atoms with E-state index in [4.69, 9.17) is 0 Å². The number of benzene rings is 1. The first-order chi connectivity index (χ1) is 8.25. The van der Waals surface area contributed by atoms with Crippen LogP contribution < -0.4 is 0 Å². The molecule has 17 heavy (non-hydrogen) atoms. The molecule has 1 aromatic carbocycles. The van der Waals surface area contributed by atoms with E-state index in [1.54, 1.807) is 0 Å². The SMILES string of the molecule is Cc1ccc([C@@H](C)CCc2ccccn2)cc1. The highest BCUT2D eigenvalue weighted by molar-refractivity contribution is 5.24. The molecule has 0 unspecified atom stereocenters. The first-order valence-electron chi connectivity index (χ1n) is 6.22. The first-order valence-corrected chi connectivity index (χ1v) is 6.22. The number of hydrogen-bond acceptors (Lipinski definition) is 1. The number of hydrogen-bond donors (Lipinski definition) is 0. The normalized spacial score (nSPS) is 12.4. The van der Waals surface area contributed by atoms with Gasteiger partial charge in [0.2, 0.25) is 0 Å². The van der Waals surface area contributed by atoms with Crippen LogP contribution in [0.4, 0.5) is 0 Å². The van der Waals surface area contributed by atoms with Crippen molar-refractivity contribution in [1.82, 2.24) is 4.98 Å². The van der Waals surface area contributed by atoms with Crippen molar-refractivity contribution in [2.24, 2.45) is 0 Å². The molecular weight excluding hydrogens is 206 g/mol. The van der Waals surface area contributed by atoms with Crippen LogP contribution in [0, 0.1) is 6.92 Å². The summed E-state index contributed by atoms with van der Waals surface area (Å²) in [5.41, 5.74) is 3.93. The van der Waals surface area contributed by atoms with Gasteiger partial charge in [-0.15, -0.1) is 0 Å². The molecule has 0 saturated carbocycles. The minimum absolute atomic E-state index is 0.595. The maximum Gasteiger partial charge on any atom is 0.0403 e. The molecule has 88 valence electrons. The predicted octanol–water partition coefficient (Wildman–Crippen LogP) is 4.13. The summed E-state index contributed by atoms with van der Waals surface area (Å²) in [6, 6.07) is 15.0. The van der Waals surface area contributed by atoms with Crippen molar-refractivity contribution < 1.29 is 0 Å². The minimum atomic E-state index is 0.595. The van der Waals surface area contributed by atoms with Gasteiger partial charge < -0.3 is 0 Å². The summed E-state index contributed by atoms with van der Waals surface area (Å²) in [6.45, 7) is 4.41. The molecule has 0 bridgehead atoms. The van der Waals surface area contributed by atoms with Crippen molar-refractivity contribution in [2.45, 2.75) is 32.6 Å². The highest BCUT2D eigenvalue weighted by atomic mass is 14.7. The third-order valence-corrected chi connectivity index (χ3v) is 3.21. The quantitative estimate of drug-likeness (QED) is 0.762. The molecule has 0 fully saturated rings. The van der Waals surface area contributed by atoms with Gasteiger partial charge in [-0.1, -0.05) is 42.8 Å². The second kappa shape index (κ2) is 5.62. The lowest BCUT2D eigenvalue weighted by Crippen LogP contribution is -1.97. The summed E-state index contributed by atoms with van der Waals surface area (Å²) in [5.74, 6) is 0.595. The molecule has 0 spiro atoms. The van der Waals surface area contributed by atoms with Crippen molar-refractivity contribution in [2.75, 3.05) is 0 Å². The molecule has 1 aromatic heterocycles. The zero-order valence-electron chi connectivity index (χ0n) is 10.6. The summed E-state index contributed by atoms with van der Waals surface area (Å²) in [4.78, 5) is 4.36.